The highest BCUT2D eigenvalue weighted by Gasteiger charge is 2.31. The third-order valence-corrected chi connectivity index (χ3v) is 5.42. The number of thiazole rings is 1. The first-order valence-electron chi connectivity index (χ1n) is 7.70. The Morgan fingerprint density at radius 3 is 2.84 bits per heavy atom. The summed E-state index contributed by atoms with van der Waals surface area (Å²) in [4.78, 5) is 9.04. The maximum absolute atomic E-state index is 5.01. The third-order valence-electron chi connectivity index (χ3n) is 4.32. The van der Waals surface area contributed by atoms with Crippen LogP contribution < -0.4 is 10.2 Å². The molecular weight excluding hydrogens is 254 g/mol. The van der Waals surface area contributed by atoms with Gasteiger partial charge in [0.15, 0.2) is 5.13 Å². The number of aromatic nitrogens is 1. The van der Waals surface area contributed by atoms with E-state index in [1.807, 2.05) is 18.4 Å². The number of rotatable bonds is 4. The Morgan fingerprint density at radius 2 is 2.11 bits per heavy atom. The Morgan fingerprint density at radius 1 is 1.26 bits per heavy atom. The van der Waals surface area contributed by atoms with Gasteiger partial charge < -0.3 is 10.2 Å². The molecule has 1 unspecified atom stereocenters. The van der Waals surface area contributed by atoms with Crippen molar-refractivity contribution >= 4 is 16.5 Å². The lowest BCUT2D eigenvalue weighted by atomic mass is 10.1. The first-order valence-corrected chi connectivity index (χ1v) is 8.52. The van der Waals surface area contributed by atoms with Crippen molar-refractivity contribution in [1.29, 1.82) is 0 Å². The second-order valence-electron chi connectivity index (χ2n) is 6.00. The van der Waals surface area contributed by atoms with Crippen LogP contribution >= 0.6 is 11.3 Å². The third kappa shape index (κ3) is 2.95. The van der Waals surface area contributed by atoms with Crippen molar-refractivity contribution in [2.24, 2.45) is 0 Å². The molecule has 1 aromatic rings. The van der Waals surface area contributed by atoms with E-state index in [2.05, 4.69) is 17.1 Å². The molecule has 106 valence electrons. The lowest BCUT2D eigenvalue weighted by molar-refractivity contribution is 0.614. The highest BCUT2D eigenvalue weighted by molar-refractivity contribution is 7.15. The maximum atomic E-state index is 5.01. The van der Waals surface area contributed by atoms with Gasteiger partial charge in [-0.05, 0) is 39.7 Å². The summed E-state index contributed by atoms with van der Waals surface area (Å²) < 4.78 is 0. The van der Waals surface area contributed by atoms with E-state index in [1.165, 1.54) is 60.8 Å². The summed E-state index contributed by atoms with van der Waals surface area (Å²) in [6.45, 7) is 4.53. The van der Waals surface area contributed by atoms with Crippen molar-refractivity contribution in [2.75, 3.05) is 18.5 Å². The van der Waals surface area contributed by atoms with E-state index >= 15 is 0 Å². The first kappa shape index (κ1) is 13.4. The number of hydrogen-bond donors (Lipinski definition) is 1. The predicted octanol–water partition coefficient (Wildman–Crippen LogP) is 3.51. The van der Waals surface area contributed by atoms with Crippen LogP contribution in [0, 0.1) is 0 Å². The van der Waals surface area contributed by atoms with Crippen molar-refractivity contribution in [2.45, 2.75) is 64.0 Å². The summed E-state index contributed by atoms with van der Waals surface area (Å²) in [5, 5.41) is 4.58. The summed E-state index contributed by atoms with van der Waals surface area (Å²) in [6, 6.07) is 0.656. The standard InChI is InChI=1S/C15H25N3S/c1-11-6-4-3-5-9-18(11)15-17-14(12-7-8-12)13(19-15)10-16-2/h11-12,16H,3-10H2,1-2H3. The SMILES string of the molecule is CNCc1sc(N2CCCCCC2C)nc1C1CC1. The molecule has 3 rings (SSSR count). The number of nitrogens with one attached hydrogen (secondary N) is 1. The molecule has 1 aliphatic carbocycles. The van der Waals surface area contributed by atoms with E-state index < -0.39 is 0 Å². The van der Waals surface area contributed by atoms with Crippen LogP contribution in [0.1, 0.15) is 61.9 Å². The molecule has 2 fully saturated rings. The first-order chi connectivity index (χ1) is 9.29. The summed E-state index contributed by atoms with van der Waals surface area (Å²) in [7, 11) is 2.03. The van der Waals surface area contributed by atoms with E-state index in [9.17, 15) is 0 Å². The Bertz CT molecular complexity index is 425. The van der Waals surface area contributed by atoms with Crippen molar-refractivity contribution in [3.8, 4) is 0 Å². The molecule has 0 bridgehead atoms. The minimum atomic E-state index is 0.656. The van der Waals surface area contributed by atoms with Crippen LogP contribution in [0.3, 0.4) is 0 Å². The normalized spacial score (nSPS) is 24.5. The quantitative estimate of drug-likeness (QED) is 0.914. The minimum absolute atomic E-state index is 0.656. The fourth-order valence-electron chi connectivity index (χ4n) is 3.00. The highest BCUT2D eigenvalue weighted by atomic mass is 32.1. The highest BCUT2D eigenvalue weighted by Crippen LogP contribution is 2.44. The van der Waals surface area contributed by atoms with E-state index in [0.29, 0.717) is 6.04 Å². The number of nitrogens with zero attached hydrogens (tertiary/aromatic N) is 2. The van der Waals surface area contributed by atoms with Gasteiger partial charge in [-0.25, -0.2) is 4.98 Å². The van der Waals surface area contributed by atoms with E-state index in [0.717, 1.165) is 12.5 Å². The molecule has 1 N–H and O–H groups in total. The van der Waals surface area contributed by atoms with Crippen LogP contribution in [0.5, 0.6) is 0 Å². The molecule has 19 heavy (non-hydrogen) atoms. The summed E-state index contributed by atoms with van der Waals surface area (Å²) >= 11 is 1.92. The van der Waals surface area contributed by atoms with Gasteiger partial charge in [0.1, 0.15) is 0 Å². The van der Waals surface area contributed by atoms with Crippen molar-refractivity contribution in [3.05, 3.63) is 10.6 Å². The fraction of sp³-hybridized carbons (Fsp3) is 0.800. The van der Waals surface area contributed by atoms with Gasteiger partial charge in [0, 0.05) is 29.9 Å². The average Bonchev–Trinajstić information content (AvgIpc) is 3.18. The van der Waals surface area contributed by atoms with Crippen molar-refractivity contribution in [3.63, 3.8) is 0 Å². The molecule has 1 aliphatic heterocycles. The Balaban J connectivity index is 1.84. The topological polar surface area (TPSA) is 28.2 Å². The molecule has 0 amide bonds. The molecule has 3 nitrogen and oxygen atoms in total. The largest absolute Gasteiger partial charge is 0.345 e. The molecule has 2 aliphatic rings. The molecule has 1 saturated heterocycles. The summed E-state index contributed by atoms with van der Waals surface area (Å²) in [6.07, 6.45) is 8.08. The van der Waals surface area contributed by atoms with Crippen LogP contribution in [0.25, 0.3) is 0 Å². The zero-order chi connectivity index (χ0) is 13.2. The van der Waals surface area contributed by atoms with Gasteiger partial charge in [-0.2, -0.15) is 0 Å². The molecule has 1 atom stereocenters. The zero-order valence-corrected chi connectivity index (χ0v) is 12.9. The van der Waals surface area contributed by atoms with Crippen molar-refractivity contribution < 1.29 is 0 Å². The smallest absolute Gasteiger partial charge is 0.186 e. The minimum Gasteiger partial charge on any atom is -0.345 e. The van der Waals surface area contributed by atoms with Crippen molar-refractivity contribution in [1.82, 2.24) is 10.3 Å². The van der Waals surface area contributed by atoms with Gasteiger partial charge in [0.2, 0.25) is 0 Å². The molecule has 4 heteroatoms. The maximum Gasteiger partial charge on any atom is 0.186 e. The lowest BCUT2D eigenvalue weighted by Crippen LogP contribution is -2.32. The monoisotopic (exact) mass is 279 g/mol. The fourth-order valence-corrected chi connectivity index (χ4v) is 4.28. The summed E-state index contributed by atoms with van der Waals surface area (Å²) in [5.41, 5.74) is 1.39. The number of hydrogen-bond acceptors (Lipinski definition) is 4. The molecule has 2 heterocycles. The molecule has 1 aromatic heterocycles. The Hall–Kier alpha value is -0.610. The van der Waals surface area contributed by atoms with Crippen LogP contribution in [-0.2, 0) is 6.54 Å². The molecule has 0 radical (unpaired) electrons. The van der Waals surface area contributed by atoms with Crippen LogP contribution in [-0.4, -0.2) is 24.6 Å². The predicted molar refractivity (Wildman–Crippen MR) is 82.1 cm³/mol. The zero-order valence-electron chi connectivity index (χ0n) is 12.1. The van der Waals surface area contributed by atoms with Crippen LogP contribution in [0.2, 0.25) is 0 Å². The van der Waals surface area contributed by atoms with Gasteiger partial charge in [-0.3, -0.25) is 0 Å². The van der Waals surface area contributed by atoms with E-state index in [1.54, 1.807) is 0 Å². The Labute approximate surface area is 120 Å². The molecule has 1 saturated carbocycles. The van der Waals surface area contributed by atoms with E-state index in [-0.39, 0.29) is 0 Å². The van der Waals surface area contributed by atoms with Crippen LogP contribution in [0.15, 0.2) is 0 Å². The molecule has 0 spiro atoms. The molecular formula is C15H25N3S. The van der Waals surface area contributed by atoms with Gasteiger partial charge >= 0.3 is 0 Å². The number of anilines is 1. The lowest BCUT2D eigenvalue weighted by Gasteiger charge is -2.26. The second-order valence-corrected chi connectivity index (χ2v) is 7.06. The van der Waals surface area contributed by atoms with Gasteiger partial charge in [-0.1, -0.05) is 12.8 Å². The van der Waals surface area contributed by atoms with E-state index in [4.69, 9.17) is 4.98 Å². The van der Waals surface area contributed by atoms with Gasteiger partial charge in [0.05, 0.1) is 5.69 Å². The van der Waals surface area contributed by atoms with Gasteiger partial charge in [0.25, 0.3) is 0 Å². The average molecular weight is 279 g/mol. The molecule has 0 aromatic carbocycles. The van der Waals surface area contributed by atoms with Crippen LogP contribution in [0.4, 0.5) is 5.13 Å². The summed E-state index contributed by atoms with van der Waals surface area (Å²) in [5.74, 6) is 0.760. The van der Waals surface area contributed by atoms with Gasteiger partial charge in [-0.15, -0.1) is 11.3 Å². The second kappa shape index (κ2) is 5.80. The Kier molecular flexibility index (Phi) is 4.08.